The average molecular weight is 288 g/mol. The molecule has 1 aliphatic carbocycles. The number of ether oxygens (including phenoxy) is 1. The Balaban J connectivity index is 1.47. The molecule has 2 aliphatic heterocycles. The molecule has 4 nitrogen and oxygen atoms in total. The molecule has 3 unspecified atom stereocenters. The van der Waals surface area contributed by atoms with Crippen molar-refractivity contribution in [2.45, 2.75) is 31.5 Å². The molecule has 0 bridgehead atoms. The lowest BCUT2D eigenvalue weighted by Gasteiger charge is -2.35. The second-order valence-electron chi connectivity index (χ2n) is 7.28. The fourth-order valence-corrected chi connectivity index (χ4v) is 4.27. The summed E-state index contributed by atoms with van der Waals surface area (Å²) in [6.45, 7) is 7.14. The van der Waals surface area contributed by atoms with Gasteiger partial charge in [-0.3, -0.25) is 5.32 Å². The molecule has 1 aromatic carbocycles. The van der Waals surface area contributed by atoms with Gasteiger partial charge in [-0.15, -0.1) is 0 Å². The van der Waals surface area contributed by atoms with Crippen LogP contribution in [0.3, 0.4) is 0 Å². The number of benzene rings is 1. The van der Waals surface area contributed by atoms with Crippen LogP contribution in [-0.4, -0.2) is 36.6 Å². The average Bonchev–Trinajstić information content (AvgIpc) is 2.82. The van der Waals surface area contributed by atoms with Gasteiger partial charge in [0.1, 0.15) is 12.0 Å². The summed E-state index contributed by atoms with van der Waals surface area (Å²) >= 11 is 0. The predicted octanol–water partition coefficient (Wildman–Crippen LogP) is 1.31. The Morgan fingerprint density at radius 1 is 1.29 bits per heavy atom. The Hall–Kier alpha value is -1.10. The van der Waals surface area contributed by atoms with Crippen LogP contribution in [0.5, 0.6) is 5.75 Å². The lowest BCUT2D eigenvalue weighted by atomic mass is 9.83. The van der Waals surface area contributed by atoms with E-state index in [4.69, 9.17) is 4.74 Å². The largest absolute Gasteiger partial charge is 0.493 e. The minimum absolute atomic E-state index is 0.184. The Labute approximate surface area is 125 Å². The zero-order chi connectivity index (χ0) is 14.6. The second kappa shape index (κ2) is 4.70. The molecular weight excluding hydrogens is 264 g/mol. The summed E-state index contributed by atoms with van der Waals surface area (Å²) in [4.78, 5) is 0. The molecule has 3 aliphatic rings. The third-order valence-corrected chi connectivity index (χ3v) is 5.61. The molecule has 1 saturated heterocycles. The van der Waals surface area contributed by atoms with E-state index in [1.807, 2.05) is 12.1 Å². The first-order valence-corrected chi connectivity index (χ1v) is 7.96. The minimum atomic E-state index is -0.412. The van der Waals surface area contributed by atoms with Crippen molar-refractivity contribution in [1.82, 2.24) is 10.6 Å². The zero-order valence-electron chi connectivity index (χ0n) is 12.7. The second-order valence-corrected chi connectivity index (χ2v) is 7.28. The molecule has 1 saturated carbocycles. The number of aliphatic hydroxyl groups is 1. The van der Waals surface area contributed by atoms with Crippen LogP contribution in [-0.2, 0) is 0 Å². The fourth-order valence-electron chi connectivity index (χ4n) is 4.27. The highest BCUT2D eigenvalue weighted by molar-refractivity contribution is 5.41. The summed E-state index contributed by atoms with van der Waals surface area (Å²) in [6.07, 6.45) is -0.412. The van der Waals surface area contributed by atoms with Gasteiger partial charge in [0, 0.05) is 22.9 Å². The van der Waals surface area contributed by atoms with Crippen LogP contribution in [0.15, 0.2) is 24.3 Å². The van der Waals surface area contributed by atoms with Crippen molar-refractivity contribution in [1.29, 1.82) is 0 Å². The van der Waals surface area contributed by atoms with Crippen molar-refractivity contribution in [3.05, 3.63) is 29.8 Å². The minimum Gasteiger partial charge on any atom is -0.493 e. The fraction of sp³-hybridized carbons (Fsp3) is 0.647. The van der Waals surface area contributed by atoms with E-state index in [-0.39, 0.29) is 11.5 Å². The highest BCUT2D eigenvalue weighted by atomic mass is 16.5. The van der Waals surface area contributed by atoms with Crippen molar-refractivity contribution in [3.63, 3.8) is 0 Å². The van der Waals surface area contributed by atoms with Gasteiger partial charge in [0.25, 0.3) is 0 Å². The highest BCUT2D eigenvalue weighted by Gasteiger charge is 2.57. The first kappa shape index (κ1) is 13.6. The third kappa shape index (κ3) is 2.17. The van der Waals surface area contributed by atoms with E-state index in [1.165, 1.54) is 5.56 Å². The Morgan fingerprint density at radius 2 is 2.00 bits per heavy atom. The van der Waals surface area contributed by atoms with Crippen LogP contribution in [0.25, 0.3) is 0 Å². The quantitative estimate of drug-likeness (QED) is 0.731. The molecule has 0 radical (unpaired) electrons. The maximum Gasteiger partial charge on any atom is 0.122 e. The van der Waals surface area contributed by atoms with Gasteiger partial charge in [-0.2, -0.15) is 0 Å². The van der Waals surface area contributed by atoms with Gasteiger partial charge in [-0.1, -0.05) is 18.2 Å². The van der Waals surface area contributed by atoms with Crippen LogP contribution in [0, 0.1) is 17.8 Å². The van der Waals surface area contributed by atoms with Gasteiger partial charge in [0.05, 0.1) is 6.61 Å². The number of piperidine rings is 1. The van der Waals surface area contributed by atoms with Crippen LogP contribution in [0.2, 0.25) is 0 Å². The zero-order valence-corrected chi connectivity index (χ0v) is 12.7. The van der Waals surface area contributed by atoms with Gasteiger partial charge < -0.3 is 15.2 Å². The number of aliphatic hydroxyl groups excluding tert-OH is 1. The SMILES string of the molecule is CC(C)(NC(O)C1[C@H]2CNC[C@@H]12)C1COc2ccccc21. The number of hydrogen-bond donors (Lipinski definition) is 3. The van der Waals surface area contributed by atoms with E-state index in [0.717, 1.165) is 18.8 Å². The van der Waals surface area contributed by atoms with E-state index < -0.39 is 6.23 Å². The van der Waals surface area contributed by atoms with Gasteiger partial charge in [-0.05, 0) is 44.8 Å². The van der Waals surface area contributed by atoms with E-state index in [2.05, 4.69) is 36.6 Å². The molecule has 0 aromatic heterocycles. The monoisotopic (exact) mass is 288 g/mol. The summed E-state index contributed by atoms with van der Waals surface area (Å²) in [5, 5.41) is 17.4. The molecule has 114 valence electrons. The molecular formula is C17H24N2O2. The van der Waals surface area contributed by atoms with Gasteiger partial charge in [-0.25, -0.2) is 0 Å². The molecule has 0 spiro atoms. The van der Waals surface area contributed by atoms with Gasteiger partial charge in [0.2, 0.25) is 0 Å². The van der Waals surface area contributed by atoms with Crippen molar-refractivity contribution in [2.24, 2.45) is 17.8 Å². The molecule has 21 heavy (non-hydrogen) atoms. The molecule has 2 fully saturated rings. The first-order chi connectivity index (χ1) is 10.1. The van der Waals surface area contributed by atoms with E-state index in [0.29, 0.717) is 24.4 Å². The summed E-state index contributed by atoms with van der Waals surface area (Å²) in [7, 11) is 0. The van der Waals surface area contributed by atoms with E-state index >= 15 is 0 Å². The van der Waals surface area contributed by atoms with Gasteiger partial charge in [0.15, 0.2) is 0 Å². The number of nitrogens with one attached hydrogen (secondary N) is 2. The molecule has 4 heteroatoms. The molecule has 1 aromatic rings. The lowest BCUT2D eigenvalue weighted by Crippen LogP contribution is -2.52. The smallest absolute Gasteiger partial charge is 0.122 e. The van der Waals surface area contributed by atoms with Crippen molar-refractivity contribution in [2.75, 3.05) is 19.7 Å². The summed E-state index contributed by atoms with van der Waals surface area (Å²) in [5.74, 6) is 3.01. The normalized spacial score (nSPS) is 35.0. The van der Waals surface area contributed by atoms with Crippen LogP contribution >= 0.6 is 0 Å². The van der Waals surface area contributed by atoms with Crippen molar-refractivity contribution >= 4 is 0 Å². The number of rotatable bonds is 4. The number of fused-ring (bicyclic) bond motifs is 2. The summed E-state index contributed by atoms with van der Waals surface area (Å²) in [5.41, 5.74) is 1.07. The lowest BCUT2D eigenvalue weighted by molar-refractivity contribution is 0.0598. The highest BCUT2D eigenvalue weighted by Crippen LogP contribution is 2.51. The maximum absolute atomic E-state index is 10.6. The molecule has 2 heterocycles. The standard InChI is InChI=1S/C17H24N2O2/c1-17(2,13-9-21-14-6-4-3-5-10(13)14)19-16(20)15-11-7-18-8-12(11)15/h3-6,11-13,15-16,18-20H,7-9H2,1-2H3/t11-,12+,13?,15?,16?. The van der Waals surface area contributed by atoms with E-state index in [1.54, 1.807) is 0 Å². The maximum atomic E-state index is 10.6. The third-order valence-electron chi connectivity index (χ3n) is 5.61. The van der Waals surface area contributed by atoms with Crippen LogP contribution in [0.4, 0.5) is 0 Å². The van der Waals surface area contributed by atoms with Crippen molar-refractivity contribution in [3.8, 4) is 5.75 Å². The van der Waals surface area contributed by atoms with Crippen LogP contribution in [0.1, 0.15) is 25.3 Å². The Kier molecular flexibility index (Phi) is 3.03. The molecule has 0 amide bonds. The number of para-hydroxylation sites is 1. The molecule has 5 atom stereocenters. The Bertz CT molecular complexity index is 535. The van der Waals surface area contributed by atoms with Crippen molar-refractivity contribution < 1.29 is 9.84 Å². The molecule has 4 rings (SSSR count). The van der Waals surface area contributed by atoms with E-state index in [9.17, 15) is 5.11 Å². The summed E-state index contributed by atoms with van der Waals surface area (Å²) < 4.78 is 5.80. The predicted molar refractivity (Wildman–Crippen MR) is 81.2 cm³/mol. The Morgan fingerprint density at radius 3 is 2.76 bits per heavy atom. The van der Waals surface area contributed by atoms with Crippen LogP contribution < -0.4 is 15.4 Å². The number of hydrogen-bond acceptors (Lipinski definition) is 4. The summed E-state index contributed by atoms with van der Waals surface area (Å²) in [6, 6.07) is 8.23. The topological polar surface area (TPSA) is 53.5 Å². The molecule has 3 N–H and O–H groups in total. The van der Waals surface area contributed by atoms with Gasteiger partial charge >= 0.3 is 0 Å². The first-order valence-electron chi connectivity index (χ1n) is 7.96.